The third-order valence-electron chi connectivity index (χ3n) is 2.75. The lowest BCUT2D eigenvalue weighted by Crippen LogP contribution is -2.23. The smallest absolute Gasteiger partial charge is 0.335 e. The van der Waals surface area contributed by atoms with Gasteiger partial charge in [0.2, 0.25) is 0 Å². The highest BCUT2D eigenvalue weighted by Gasteiger charge is 2.10. The van der Waals surface area contributed by atoms with E-state index in [0.717, 1.165) is 11.3 Å². The van der Waals surface area contributed by atoms with E-state index in [1.165, 1.54) is 12.1 Å². The van der Waals surface area contributed by atoms with Crippen LogP contribution < -0.4 is 5.32 Å². The van der Waals surface area contributed by atoms with Crippen molar-refractivity contribution < 1.29 is 14.7 Å². The lowest BCUT2D eigenvalue weighted by Gasteiger charge is -2.05. The van der Waals surface area contributed by atoms with Crippen molar-refractivity contribution in [2.75, 3.05) is 0 Å². The summed E-state index contributed by atoms with van der Waals surface area (Å²) in [7, 11) is 0. The van der Waals surface area contributed by atoms with E-state index in [-0.39, 0.29) is 11.5 Å². The molecular weight excluding hydrogens is 246 g/mol. The number of nitrogens with one attached hydrogen (secondary N) is 2. The van der Waals surface area contributed by atoms with Crippen LogP contribution in [0.4, 0.5) is 0 Å². The van der Waals surface area contributed by atoms with Gasteiger partial charge in [-0.25, -0.2) is 4.79 Å². The van der Waals surface area contributed by atoms with Crippen LogP contribution in [-0.4, -0.2) is 27.2 Å². The Kier molecular flexibility index (Phi) is 3.61. The van der Waals surface area contributed by atoms with Crippen molar-refractivity contribution in [1.82, 2.24) is 15.5 Å². The molecule has 0 saturated carbocycles. The number of nitrogens with zero attached hydrogens (tertiary/aromatic N) is 1. The predicted octanol–water partition coefficient (Wildman–Crippen LogP) is 1.35. The number of carbonyl (C=O) groups is 2. The number of rotatable bonds is 4. The van der Waals surface area contributed by atoms with Crippen LogP contribution in [0, 0.1) is 6.92 Å². The van der Waals surface area contributed by atoms with Gasteiger partial charge in [-0.05, 0) is 25.1 Å². The summed E-state index contributed by atoms with van der Waals surface area (Å²) in [5, 5.41) is 18.2. The number of aromatic amines is 1. The highest BCUT2D eigenvalue weighted by molar-refractivity contribution is 5.97. The van der Waals surface area contributed by atoms with Gasteiger partial charge in [-0.2, -0.15) is 5.10 Å². The summed E-state index contributed by atoms with van der Waals surface area (Å²) in [6.07, 6.45) is 1.64. The monoisotopic (exact) mass is 259 g/mol. The van der Waals surface area contributed by atoms with Gasteiger partial charge in [0.25, 0.3) is 5.91 Å². The van der Waals surface area contributed by atoms with Crippen molar-refractivity contribution in [1.29, 1.82) is 0 Å². The number of carboxylic acids is 1. The van der Waals surface area contributed by atoms with Crippen molar-refractivity contribution in [2.45, 2.75) is 13.5 Å². The maximum Gasteiger partial charge on any atom is 0.335 e. The van der Waals surface area contributed by atoms with Crippen LogP contribution in [0.3, 0.4) is 0 Å². The summed E-state index contributed by atoms with van der Waals surface area (Å²) in [6, 6.07) is 5.91. The van der Waals surface area contributed by atoms with Crippen molar-refractivity contribution in [2.24, 2.45) is 0 Å². The van der Waals surface area contributed by atoms with Gasteiger partial charge in [-0.3, -0.25) is 9.89 Å². The molecule has 0 radical (unpaired) electrons. The van der Waals surface area contributed by atoms with E-state index in [1.54, 1.807) is 18.3 Å². The molecule has 0 fully saturated rings. The van der Waals surface area contributed by atoms with Crippen LogP contribution in [0.15, 0.2) is 30.5 Å². The van der Waals surface area contributed by atoms with Crippen molar-refractivity contribution in [3.63, 3.8) is 0 Å². The van der Waals surface area contributed by atoms with Crippen LogP contribution in [0.2, 0.25) is 0 Å². The summed E-state index contributed by atoms with van der Waals surface area (Å²) < 4.78 is 0. The van der Waals surface area contributed by atoms with E-state index in [1.807, 2.05) is 6.92 Å². The second-order valence-corrected chi connectivity index (χ2v) is 4.09. The first-order valence-electron chi connectivity index (χ1n) is 5.68. The second-order valence-electron chi connectivity index (χ2n) is 4.09. The summed E-state index contributed by atoms with van der Waals surface area (Å²) >= 11 is 0. The third-order valence-corrected chi connectivity index (χ3v) is 2.75. The minimum absolute atomic E-state index is 0.0899. The number of aromatic carboxylic acids is 1. The number of hydrogen-bond donors (Lipinski definition) is 3. The van der Waals surface area contributed by atoms with Crippen molar-refractivity contribution >= 4 is 11.9 Å². The number of carbonyl (C=O) groups excluding carboxylic acids is 1. The van der Waals surface area contributed by atoms with Gasteiger partial charge < -0.3 is 10.4 Å². The molecule has 2 aromatic rings. The van der Waals surface area contributed by atoms with Crippen LogP contribution in [0.5, 0.6) is 0 Å². The number of carboxylic acid groups (broad SMARTS) is 1. The van der Waals surface area contributed by atoms with E-state index in [0.29, 0.717) is 12.1 Å². The standard InChI is InChI=1S/C13H13N3O3/c1-8-11(7-15-16-8)6-14-12(17)9-3-2-4-10(5-9)13(18)19/h2-5,7H,6H2,1H3,(H,14,17)(H,15,16)(H,18,19). The Morgan fingerprint density at radius 2 is 2.11 bits per heavy atom. The Morgan fingerprint density at radius 1 is 1.37 bits per heavy atom. The molecule has 1 heterocycles. The highest BCUT2D eigenvalue weighted by Crippen LogP contribution is 2.07. The molecule has 0 unspecified atom stereocenters. The topological polar surface area (TPSA) is 95.1 Å². The van der Waals surface area contributed by atoms with Gasteiger partial charge in [0, 0.05) is 23.4 Å². The van der Waals surface area contributed by atoms with Crippen LogP contribution in [0.1, 0.15) is 32.0 Å². The van der Waals surface area contributed by atoms with E-state index in [9.17, 15) is 9.59 Å². The molecule has 0 bridgehead atoms. The zero-order chi connectivity index (χ0) is 13.8. The molecule has 0 aliphatic carbocycles. The van der Waals surface area contributed by atoms with Gasteiger partial charge in [-0.1, -0.05) is 6.07 Å². The summed E-state index contributed by atoms with van der Waals surface area (Å²) in [6.45, 7) is 2.21. The number of aromatic nitrogens is 2. The maximum atomic E-state index is 11.9. The number of benzene rings is 1. The van der Waals surface area contributed by atoms with E-state index in [4.69, 9.17) is 5.11 Å². The average molecular weight is 259 g/mol. The van der Waals surface area contributed by atoms with Crippen molar-refractivity contribution in [3.8, 4) is 0 Å². The lowest BCUT2D eigenvalue weighted by atomic mass is 10.1. The first kappa shape index (κ1) is 12.8. The normalized spacial score (nSPS) is 10.2. The Labute approximate surface area is 109 Å². The molecule has 2 rings (SSSR count). The second kappa shape index (κ2) is 5.34. The molecule has 6 nitrogen and oxygen atoms in total. The Bertz CT molecular complexity index is 619. The molecule has 0 spiro atoms. The number of hydrogen-bond acceptors (Lipinski definition) is 3. The van der Waals surface area contributed by atoms with Gasteiger partial charge >= 0.3 is 5.97 Å². The lowest BCUT2D eigenvalue weighted by molar-refractivity contribution is 0.0697. The molecule has 19 heavy (non-hydrogen) atoms. The molecular formula is C13H13N3O3. The molecule has 0 atom stereocenters. The first-order chi connectivity index (χ1) is 9.08. The van der Waals surface area contributed by atoms with Gasteiger partial charge in [0.15, 0.2) is 0 Å². The Morgan fingerprint density at radius 3 is 2.74 bits per heavy atom. The fraction of sp³-hybridized carbons (Fsp3) is 0.154. The van der Waals surface area contributed by atoms with Gasteiger partial charge in [0.05, 0.1) is 11.8 Å². The molecule has 0 saturated heterocycles. The molecule has 98 valence electrons. The van der Waals surface area contributed by atoms with E-state index >= 15 is 0 Å². The van der Waals surface area contributed by atoms with Gasteiger partial charge in [0.1, 0.15) is 0 Å². The van der Waals surface area contributed by atoms with Gasteiger partial charge in [-0.15, -0.1) is 0 Å². The van der Waals surface area contributed by atoms with Crippen molar-refractivity contribution in [3.05, 3.63) is 52.8 Å². The molecule has 1 amide bonds. The van der Waals surface area contributed by atoms with E-state index in [2.05, 4.69) is 15.5 Å². The molecule has 3 N–H and O–H groups in total. The number of aryl methyl sites for hydroxylation is 1. The number of H-pyrrole nitrogens is 1. The fourth-order valence-electron chi connectivity index (χ4n) is 1.62. The number of amides is 1. The molecule has 6 heteroatoms. The van der Waals surface area contributed by atoms with Crippen LogP contribution >= 0.6 is 0 Å². The zero-order valence-corrected chi connectivity index (χ0v) is 10.3. The minimum Gasteiger partial charge on any atom is -0.478 e. The maximum absolute atomic E-state index is 11.9. The minimum atomic E-state index is -1.06. The first-order valence-corrected chi connectivity index (χ1v) is 5.68. The quantitative estimate of drug-likeness (QED) is 0.772. The van der Waals surface area contributed by atoms with Crippen LogP contribution in [-0.2, 0) is 6.54 Å². The highest BCUT2D eigenvalue weighted by atomic mass is 16.4. The fourth-order valence-corrected chi connectivity index (χ4v) is 1.62. The molecule has 0 aliphatic heterocycles. The summed E-state index contributed by atoms with van der Waals surface area (Å²) in [5.74, 6) is -1.37. The average Bonchev–Trinajstić information content (AvgIpc) is 2.81. The van der Waals surface area contributed by atoms with Crippen LogP contribution in [0.25, 0.3) is 0 Å². The molecule has 1 aromatic carbocycles. The predicted molar refractivity (Wildman–Crippen MR) is 67.9 cm³/mol. The summed E-state index contributed by atoms with van der Waals surface area (Å²) in [5.41, 5.74) is 2.19. The third kappa shape index (κ3) is 2.98. The van der Waals surface area contributed by atoms with E-state index < -0.39 is 5.97 Å². The SMILES string of the molecule is Cc1[nH]ncc1CNC(=O)c1cccc(C(=O)O)c1. The Hall–Kier alpha value is -2.63. The molecule has 1 aromatic heterocycles. The zero-order valence-electron chi connectivity index (χ0n) is 10.3. The molecule has 0 aliphatic rings. The summed E-state index contributed by atoms with van der Waals surface area (Å²) in [4.78, 5) is 22.7. The largest absolute Gasteiger partial charge is 0.478 e. The Balaban J connectivity index is 2.06.